The highest BCUT2D eigenvalue weighted by molar-refractivity contribution is 14.1. The summed E-state index contributed by atoms with van der Waals surface area (Å²) in [4.78, 5) is 0. The Balaban J connectivity index is 3.17. The Morgan fingerprint density at radius 3 is 2.45 bits per heavy atom. The Morgan fingerprint density at radius 2 is 2.00 bits per heavy atom. The molecule has 0 bridgehead atoms. The standard InChI is InChI=1S/C7H4ClF2I/c8-6-4(7(9)10)2-1-3-5(6)11/h1-3,7H. The highest BCUT2D eigenvalue weighted by Crippen LogP contribution is 2.29. The summed E-state index contributed by atoms with van der Waals surface area (Å²) in [6, 6.07) is 4.58. The van der Waals surface area contributed by atoms with Gasteiger partial charge >= 0.3 is 0 Å². The average Bonchev–Trinajstić information content (AvgIpc) is 1.94. The molecule has 60 valence electrons. The second-order valence-corrected chi connectivity index (χ2v) is 3.48. The minimum atomic E-state index is -2.49. The summed E-state index contributed by atoms with van der Waals surface area (Å²) in [5, 5.41) is 0.156. The molecule has 1 aromatic rings. The van der Waals surface area contributed by atoms with Crippen LogP contribution in [0, 0.1) is 3.57 Å². The average molecular weight is 288 g/mol. The van der Waals surface area contributed by atoms with Crippen molar-refractivity contribution >= 4 is 34.2 Å². The molecule has 0 unspecified atom stereocenters. The summed E-state index contributed by atoms with van der Waals surface area (Å²) < 4.78 is 24.9. The van der Waals surface area contributed by atoms with Crippen molar-refractivity contribution in [2.45, 2.75) is 6.43 Å². The van der Waals surface area contributed by atoms with E-state index in [9.17, 15) is 8.78 Å². The molecule has 1 rings (SSSR count). The van der Waals surface area contributed by atoms with E-state index in [2.05, 4.69) is 0 Å². The molecule has 0 aliphatic rings. The third-order valence-corrected chi connectivity index (χ3v) is 2.86. The van der Waals surface area contributed by atoms with Crippen molar-refractivity contribution in [1.82, 2.24) is 0 Å². The minimum absolute atomic E-state index is 0.0985. The zero-order valence-electron chi connectivity index (χ0n) is 5.32. The van der Waals surface area contributed by atoms with Crippen LogP contribution < -0.4 is 0 Å². The first-order chi connectivity index (χ1) is 5.13. The van der Waals surface area contributed by atoms with Crippen LogP contribution in [0.2, 0.25) is 5.02 Å². The normalized spacial score (nSPS) is 10.6. The van der Waals surface area contributed by atoms with E-state index in [0.29, 0.717) is 3.57 Å². The maximum absolute atomic E-state index is 12.1. The lowest BCUT2D eigenvalue weighted by Crippen LogP contribution is -1.87. The van der Waals surface area contributed by atoms with E-state index >= 15 is 0 Å². The maximum Gasteiger partial charge on any atom is 0.265 e. The van der Waals surface area contributed by atoms with E-state index in [-0.39, 0.29) is 10.6 Å². The van der Waals surface area contributed by atoms with Crippen molar-refractivity contribution in [2.75, 3.05) is 0 Å². The van der Waals surface area contributed by atoms with E-state index in [0.717, 1.165) is 0 Å². The van der Waals surface area contributed by atoms with Gasteiger partial charge in [-0.25, -0.2) is 8.78 Å². The smallest absolute Gasteiger partial charge is 0.205 e. The highest BCUT2D eigenvalue weighted by atomic mass is 127. The lowest BCUT2D eigenvalue weighted by Gasteiger charge is -2.02. The van der Waals surface area contributed by atoms with Crippen molar-refractivity contribution in [2.24, 2.45) is 0 Å². The first-order valence-corrected chi connectivity index (χ1v) is 4.30. The number of halogens is 4. The van der Waals surface area contributed by atoms with Gasteiger partial charge in [-0.2, -0.15) is 0 Å². The van der Waals surface area contributed by atoms with Gasteiger partial charge in [0.1, 0.15) is 0 Å². The number of hydrogen-bond donors (Lipinski definition) is 0. The monoisotopic (exact) mass is 288 g/mol. The first kappa shape index (κ1) is 9.19. The van der Waals surface area contributed by atoms with Crippen LogP contribution in [-0.2, 0) is 0 Å². The van der Waals surface area contributed by atoms with Gasteiger partial charge in [-0.05, 0) is 28.7 Å². The van der Waals surface area contributed by atoms with E-state index in [1.54, 1.807) is 12.1 Å². The molecule has 0 aromatic heterocycles. The van der Waals surface area contributed by atoms with Gasteiger partial charge in [0.2, 0.25) is 0 Å². The molecule has 0 N–H and O–H groups in total. The quantitative estimate of drug-likeness (QED) is 0.688. The summed E-state index contributed by atoms with van der Waals surface area (Å²) >= 11 is 7.52. The Morgan fingerprint density at radius 1 is 1.36 bits per heavy atom. The fraction of sp³-hybridized carbons (Fsp3) is 0.143. The third-order valence-electron chi connectivity index (χ3n) is 1.22. The fourth-order valence-electron chi connectivity index (χ4n) is 0.689. The van der Waals surface area contributed by atoms with Crippen LogP contribution in [0.15, 0.2) is 18.2 Å². The summed E-state index contributed by atoms with van der Waals surface area (Å²) in [6.07, 6.45) is -2.49. The topological polar surface area (TPSA) is 0 Å². The van der Waals surface area contributed by atoms with Crippen LogP contribution in [0.5, 0.6) is 0 Å². The molecule has 0 saturated carbocycles. The van der Waals surface area contributed by atoms with Gasteiger partial charge in [0.05, 0.1) is 5.02 Å². The van der Waals surface area contributed by atoms with E-state index in [4.69, 9.17) is 11.6 Å². The van der Waals surface area contributed by atoms with Crippen molar-refractivity contribution in [3.63, 3.8) is 0 Å². The molecule has 0 fully saturated rings. The summed E-state index contributed by atoms with van der Waals surface area (Å²) in [6.45, 7) is 0. The van der Waals surface area contributed by atoms with Gasteiger partial charge in [0.25, 0.3) is 6.43 Å². The zero-order valence-corrected chi connectivity index (χ0v) is 8.23. The number of benzene rings is 1. The Hall–Kier alpha value is 0.1000. The van der Waals surface area contributed by atoms with Gasteiger partial charge in [-0.15, -0.1) is 0 Å². The van der Waals surface area contributed by atoms with Crippen LogP contribution in [0.1, 0.15) is 12.0 Å². The molecule has 0 aliphatic heterocycles. The SMILES string of the molecule is FC(F)c1cccc(I)c1Cl. The second-order valence-electron chi connectivity index (χ2n) is 1.94. The maximum atomic E-state index is 12.1. The zero-order chi connectivity index (χ0) is 8.43. The van der Waals surface area contributed by atoms with Crippen molar-refractivity contribution < 1.29 is 8.78 Å². The molecule has 0 radical (unpaired) electrons. The molecule has 4 heteroatoms. The van der Waals surface area contributed by atoms with Crippen molar-refractivity contribution in [3.05, 3.63) is 32.4 Å². The molecule has 0 atom stereocenters. The number of hydrogen-bond acceptors (Lipinski definition) is 0. The first-order valence-electron chi connectivity index (χ1n) is 2.85. The number of alkyl halides is 2. The fourth-order valence-corrected chi connectivity index (χ4v) is 1.42. The Kier molecular flexibility index (Phi) is 3.06. The lowest BCUT2D eigenvalue weighted by atomic mass is 10.2. The van der Waals surface area contributed by atoms with Gasteiger partial charge in [0, 0.05) is 9.13 Å². The van der Waals surface area contributed by atoms with Crippen LogP contribution in [0.25, 0.3) is 0 Å². The van der Waals surface area contributed by atoms with Crippen molar-refractivity contribution in [1.29, 1.82) is 0 Å². The van der Waals surface area contributed by atoms with Gasteiger partial charge in [-0.1, -0.05) is 23.7 Å². The predicted molar refractivity (Wildman–Crippen MR) is 49.1 cm³/mol. The molecule has 0 saturated heterocycles. The van der Waals surface area contributed by atoms with Crippen molar-refractivity contribution in [3.8, 4) is 0 Å². The molecule has 1 aromatic carbocycles. The molecule has 0 aliphatic carbocycles. The predicted octanol–water partition coefficient (Wildman–Crippen LogP) is 3.88. The Bertz CT molecular complexity index is 263. The Labute approximate surface area is 81.7 Å². The van der Waals surface area contributed by atoms with Gasteiger partial charge < -0.3 is 0 Å². The van der Waals surface area contributed by atoms with E-state index in [1.807, 2.05) is 22.6 Å². The van der Waals surface area contributed by atoms with Crippen LogP contribution >= 0.6 is 34.2 Å². The summed E-state index contributed by atoms with van der Waals surface area (Å²) in [5.41, 5.74) is -0.0985. The van der Waals surface area contributed by atoms with Gasteiger partial charge in [0.15, 0.2) is 0 Å². The third kappa shape index (κ3) is 2.02. The van der Waals surface area contributed by atoms with Crippen LogP contribution in [0.3, 0.4) is 0 Å². The summed E-state index contributed by atoms with van der Waals surface area (Å²) in [5.74, 6) is 0. The molecule has 0 amide bonds. The van der Waals surface area contributed by atoms with E-state index in [1.165, 1.54) is 6.07 Å². The molecule has 0 spiro atoms. The molecule has 11 heavy (non-hydrogen) atoms. The van der Waals surface area contributed by atoms with Gasteiger partial charge in [-0.3, -0.25) is 0 Å². The minimum Gasteiger partial charge on any atom is -0.205 e. The molecule has 0 nitrogen and oxygen atoms in total. The molecular formula is C7H4ClF2I. The number of rotatable bonds is 1. The molecule has 0 heterocycles. The summed E-state index contributed by atoms with van der Waals surface area (Å²) in [7, 11) is 0. The highest BCUT2D eigenvalue weighted by Gasteiger charge is 2.12. The second kappa shape index (κ2) is 3.67. The van der Waals surface area contributed by atoms with E-state index < -0.39 is 6.43 Å². The van der Waals surface area contributed by atoms with Crippen LogP contribution in [-0.4, -0.2) is 0 Å². The molecular weight excluding hydrogens is 284 g/mol. The lowest BCUT2D eigenvalue weighted by molar-refractivity contribution is 0.151. The van der Waals surface area contributed by atoms with Crippen LogP contribution in [0.4, 0.5) is 8.78 Å². The largest absolute Gasteiger partial charge is 0.265 e.